The minimum absolute atomic E-state index is 0.268. The van der Waals surface area contributed by atoms with Crippen molar-refractivity contribution in [1.82, 2.24) is 19.1 Å². The van der Waals surface area contributed by atoms with Crippen molar-refractivity contribution in [2.24, 2.45) is 14.1 Å². The van der Waals surface area contributed by atoms with Gasteiger partial charge in [-0.3, -0.25) is 14.4 Å². The quantitative estimate of drug-likeness (QED) is 0.452. The van der Waals surface area contributed by atoms with Crippen LogP contribution in [0.1, 0.15) is 5.82 Å². The second kappa shape index (κ2) is 3.89. The summed E-state index contributed by atoms with van der Waals surface area (Å²) in [6.45, 7) is 1.69. The molecule has 2 aromatic heterocycles. The van der Waals surface area contributed by atoms with Gasteiger partial charge in [-0.15, -0.1) is 0 Å². The Morgan fingerprint density at radius 2 is 1.55 bits per heavy atom. The third-order valence-electron chi connectivity index (χ3n) is 3.44. The van der Waals surface area contributed by atoms with E-state index in [1.807, 2.05) is 0 Å². The molecule has 0 spiro atoms. The number of hydrogen-bond donors (Lipinski definition) is 1. The van der Waals surface area contributed by atoms with Crippen LogP contribution in [0.4, 0.5) is 0 Å². The molecule has 7 heteroatoms. The Balaban J connectivity index is 2.69. The SMILES string of the molecule is Cc1nc2cc3c(cc2c(=O)[nH]1)n(C)c(=O)c(=O)n3C. The topological polar surface area (TPSA) is 89.8 Å². The molecule has 20 heavy (non-hydrogen) atoms. The maximum absolute atomic E-state index is 11.9. The zero-order chi connectivity index (χ0) is 14.6. The number of rotatable bonds is 0. The first-order valence-electron chi connectivity index (χ1n) is 6.00. The molecule has 7 nitrogen and oxygen atoms in total. The van der Waals surface area contributed by atoms with Crippen LogP contribution in [0.3, 0.4) is 0 Å². The number of aromatic amines is 1. The first-order chi connectivity index (χ1) is 9.40. The number of nitrogens with one attached hydrogen (secondary N) is 1. The van der Waals surface area contributed by atoms with Crippen LogP contribution in [0.5, 0.6) is 0 Å². The Hall–Kier alpha value is -2.70. The molecule has 0 aliphatic heterocycles. The van der Waals surface area contributed by atoms with Crippen molar-refractivity contribution in [2.45, 2.75) is 6.92 Å². The number of hydrogen-bond acceptors (Lipinski definition) is 4. The summed E-state index contributed by atoms with van der Waals surface area (Å²) >= 11 is 0. The molecule has 3 rings (SSSR count). The summed E-state index contributed by atoms with van der Waals surface area (Å²) in [6, 6.07) is 3.23. The lowest BCUT2D eigenvalue weighted by Gasteiger charge is -2.09. The van der Waals surface area contributed by atoms with E-state index in [1.165, 1.54) is 23.2 Å². The molecule has 0 amide bonds. The second-order valence-corrected chi connectivity index (χ2v) is 4.74. The van der Waals surface area contributed by atoms with Crippen LogP contribution in [0, 0.1) is 6.92 Å². The summed E-state index contributed by atoms with van der Waals surface area (Å²) in [5.41, 5.74) is 0.0581. The minimum Gasteiger partial charge on any atom is -0.310 e. The molecular formula is C13H12N4O3. The fourth-order valence-corrected chi connectivity index (χ4v) is 2.32. The van der Waals surface area contributed by atoms with E-state index in [9.17, 15) is 14.4 Å². The molecule has 0 aliphatic carbocycles. The van der Waals surface area contributed by atoms with E-state index in [4.69, 9.17) is 0 Å². The molecule has 0 atom stereocenters. The fourth-order valence-electron chi connectivity index (χ4n) is 2.32. The number of benzene rings is 1. The van der Waals surface area contributed by atoms with Gasteiger partial charge in [-0.25, -0.2) is 4.98 Å². The average molecular weight is 272 g/mol. The molecule has 2 heterocycles. The second-order valence-electron chi connectivity index (χ2n) is 4.74. The van der Waals surface area contributed by atoms with Crippen molar-refractivity contribution in [3.8, 4) is 0 Å². The summed E-state index contributed by atoms with van der Waals surface area (Å²) in [4.78, 5) is 42.4. The van der Waals surface area contributed by atoms with Crippen LogP contribution < -0.4 is 16.7 Å². The van der Waals surface area contributed by atoms with E-state index < -0.39 is 11.1 Å². The summed E-state index contributed by atoms with van der Waals surface area (Å²) in [7, 11) is 3.03. The zero-order valence-corrected chi connectivity index (χ0v) is 11.2. The number of fused-ring (bicyclic) bond motifs is 2. The van der Waals surface area contributed by atoms with Gasteiger partial charge in [-0.1, -0.05) is 0 Å². The third-order valence-corrected chi connectivity index (χ3v) is 3.44. The van der Waals surface area contributed by atoms with Crippen molar-refractivity contribution in [1.29, 1.82) is 0 Å². The van der Waals surface area contributed by atoms with Crippen molar-refractivity contribution in [2.75, 3.05) is 0 Å². The Morgan fingerprint density at radius 1 is 1.00 bits per heavy atom. The maximum atomic E-state index is 11.9. The summed E-state index contributed by atoms with van der Waals surface area (Å²) < 4.78 is 2.52. The molecule has 0 saturated carbocycles. The van der Waals surface area contributed by atoms with Crippen LogP contribution in [0.15, 0.2) is 26.5 Å². The Morgan fingerprint density at radius 3 is 2.15 bits per heavy atom. The van der Waals surface area contributed by atoms with Crippen molar-refractivity contribution in [3.05, 3.63) is 49.0 Å². The van der Waals surface area contributed by atoms with Crippen molar-refractivity contribution in [3.63, 3.8) is 0 Å². The van der Waals surface area contributed by atoms with E-state index in [1.54, 1.807) is 19.1 Å². The number of nitrogens with zero attached hydrogens (tertiary/aromatic N) is 3. The fraction of sp³-hybridized carbons (Fsp3) is 0.231. The van der Waals surface area contributed by atoms with Gasteiger partial charge in [0.2, 0.25) is 0 Å². The predicted octanol–water partition coefficient (Wildman–Crippen LogP) is -0.218. The monoisotopic (exact) mass is 272 g/mol. The lowest BCUT2D eigenvalue weighted by molar-refractivity contribution is 0.799. The van der Waals surface area contributed by atoms with Gasteiger partial charge in [0, 0.05) is 14.1 Å². The summed E-state index contributed by atoms with van der Waals surface area (Å²) in [6.07, 6.45) is 0. The largest absolute Gasteiger partial charge is 0.316 e. The highest BCUT2D eigenvalue weighted by atomic mass is 16.2. The Kier molecular flexibility index (Phi) is 2.40. The van der Waals surface area contributed by atoms with Crippen molar-refractivity contribution >= 4 is 21.9 Å². The molecule has 0 bridgehead atoms. The first kappa shape index (κ1) is 12.3. The summed E-state index contributed by atoms with van der Waals surface area (Å²) in [5, 5.41) is 0.386. The predicted molar refractivity (Wildman–Crippen MR) is 75.1 cm³/mol. The van der Waals surface area contributed by atoms with Crippen LogP contribution >= 0.6 is 0 Å². The van der Waals surface area contributed by atoms with Gasteiger partial charge in [-0.05, 0) is 19.1 Å². The van der Waals surface area contributed by atoms with Gasteiger partial charge in [-0.2, -0.15) is 0 Å². The highest BCUT2D eigenvalue weighted by Crippen LogP contribution is 2.16. The first-order valence-corrected chi connectivity index (χ1v) is 6.00. The average Bonchev–Trinajstić information content (AvgIpc) is 2.41. The van der Waals surface area contributed by atoms with Gasteiger partial charge in [0.15, 0.2) is 0 Å². The number of H-pyrrole nitrogens is 1. The number of aryl methyl sites for hydroxylation is 3. The van der Waals surface area contributed by atoms with E-state index >= 15 is 0 Å². The van der Waals surface area contributed by atoms with Crippen molar-refractivity contribution < 1.29 is 0 Å². The van der Waals surface area contributed by atoms with E-state index in [2.05, 4.69) is 9.97 Å². The summed E-state index contributed by atoms with van der Waals surface area (Å²) in [5.74, 6) is 0.497. The minimum atomic E-state index is -0.629. The van der Waals surface area contributed by atoms with Crippen LogP contribution in [0.25, 0.3) is 21.9 Å². The molecule has 0 unspecified atom stereocenters. The van der Waals surface area contributed by atoms with Crippen LogP contribution in [0.2, 0.25) is 0 Å². The molecule has 0 radical (unpaired) electrons. The molecule has 0 saturated heterocycles. The Bertz CT molecular complexity index is 1040. The van der Waals surface area contributed by atoms with Gasteiger partial charge < -0.3 is 14.1 Å². The zero-order valence-electron chi connectivity index (χ0n) is 11.2. The molecule has 0 fully saturated rings. The molecule has 3 aromatic rings. The van der Waals surface area contributed by atoms with Gasteiger partial charge in [0.25, 0.3) is 5.56 Å². The van der Waals surface area contributed by atoms with E-state index in [-0.39, 0.29) is 5.56 Å². The molecule has 0 aliphatic rings. The normalized spacial score (nSPS) is 11.3. The van der Waals surface area contributed by atoms with Crippen LogP contribution in [-0.2, 0) is 14.1 Å². The standard InChI is InChI=1S/C13H12N4O3/c1-6-14-8-5-10-9(4-7(8)11(18)15-6)16(2)12(19)13(20)17(10)3/h4-5H,1-3H3,(H,14,15,18). The smallest absolute Gasteiger partial charge is 0.310 e. The molecular weight excluding hydrogens is 260 g/mol. The van der Waals surface area contributed by atoms with Crippen LogP contribution in [-0.4, -0.2) is 19.1 Å². The third kappa shape index (κ3) is 1.52. The molecule has 1 N–H and O–H groups in total. The van der Waals surface area contributed by atoms with E-state index in [0.29, 0.717) is 27.8 Å². The highest BCUT2D eigenvalue weighted by molar-refractivity contribution is 5.92. The lowest BCUT2D eigenvalue weighted by atomic mass is 10.2. The van der Waals surface area contributed by atoms with Gasteiger partial charge in [0.1, 0.15) is 5.82 Å². The maximum Gasteiger partial charge on any atom is 0.316 e. The van der Waals surface area contributed by atoms with Gasteiger partial charge >= 0.3 is 11.1 Å². The lowest BCUT2D eigenvalue weighted by Crippen LogP contribution is -2.39. The Labute approximate surface area is 112 Å². The molecule has 102 valence electrons. The van der Waals surface area contributed by atoms with E-state index in [0.717, 1.165) is 0 Å². The molecule has 1 aromatic carbocycles. The highest BCUT2D eigenvalue weighted by Gasteiger charge is 2.11. The van der Waals surface area contributed by atoms with Gasteiger partial charge in [0.05, 0.1) is 21.9 Å². The number of aromatic nitrogens is 4.